The second-order valence-electron chi connectivity index (χ2n) is 8.39. The molecule has 28 heavy (non-hydrogen) atoms. The molecule has 0 radical (unpaired) electrons. The third-order valence-electron chi connectivity index (χ3n) is 3.80. The van der Waals surface area contributed by atoms with E-state index in [1.165, 1.54) is 0 Å². The van der Waals surface area contributed by atoms with Gasteiger partial charge in [-0.3, -0.25) is 9.53 Å². The Bertz CT molecular complexity index is 879. The molecule has 0 aliphatic rings. The van der Waals surface area contributed by atoms with E-state index >= 15 is 0 Å². The third-order valence-corrected chi connectivity index (χ3v) is 5.65. The summed E-state index contributed by atoms with van der Waals surface area (Å²) in [4.78, 5) is 13.0. The Morgan fingerprint density at radius 3 is 2.18 bits per heavy atom. The van der Waals surface area contributed by atoms with Crippen LogP contribution in [0.1, 0.15) is 41.5 Å². The van der Waals surface area contributed by atoms with Crippen LogP contribution in [0.4, 0.5) is 10.5 Å². The van der Waals surface area contributed by atoms with Crippen molar-refractivity contribution in [1.82, 2.24) is 0 Å². The van der Waals surface area contributed by atoms with Gasteiger partial charge in [-0.1, -0.05) is 24.3 Å². The lowest BCUT2D eigenvalue weighted by molar-refractivity contribution is 0.0636. The summed E-state index contributed by atoms with van der Waals surface area (Å²) in [6.45, 7) is 11.2. The van der Waals surface area contributed by atoms with Crippen LogP contribution in [0.25, 0.3) is 11.1 Å². The largest absolute Gasteiger partial charge is 0.496 e. The molecule has 0 aliphatic heterocycles. The van der Waals surface area contributed by atoms with Gasteiger partial charge in [0.05, 0.1) is 28.5 Å². The zero-order valence-electron chi connectivity index (χ0n) is 17.6. The number of nitrogens with one attached hydrogen (secondary N) is 1. The van der Waals surface area contributed by atoms with Gasteiger partial charge in [-0.15, -0.1) is 0 Å². The highest BCUT2D eigenvalue weighted by molar-refractivity contribution is 7.86. The first-order valence-corrected chi connectivity index (χ1v) is 10.3. The molecule has 152 valence electrons. The van der Waals surface area contributed by atoms with Crippen LogP contribution in [0.2, 0.25) is 0 Å². The predicted octanol–water partition coefficient (Wildman–Crippen LogP) is 5.62. The second kappa shape index (κ2) is 8.35. The van der Waals surface area contributed by atoms with Crippen molar-refractivity contribution in [2.45, 2.75) is 56.8 Å². The summed E-state index contributed by atoms with van der Waals surface area (Å²) in [5.74, 6) is 0.591. The van der Waals surface area contributed by atoms with Crippen LogP contribution < -0.4 is 10.1 Å². The molecule has 0 heterocycles. The molecule has 0 saturated carbocycles. The summed E-state index contributed by atoms with van der Waals surface area (Å²) in [6, 6.07) is 12.8. The van der Waals surface area contributed by atoms with Crippen molar-refractivity contribution in [2.24, 2.45) is 0 Å². The van der Waals surface area contributed by atoms with Crippen LogP contribution in [0.3, 0.4) is 0 Å². The van der Waals surface area contributed by atoms with E-state index in [9.17, 15) is 9.00 Å². The summed E-state index contributed by atoms with van der Waals surface area (Å²) < 4.78 is 23.7. The van der Waals surface area contributed by atoms with Crippen molar-refractivity contribution in [3.05, 3.63) is 42.5 Å². The number of hydrogen-bond donors (Lipinski definition) is 1. The van der Waals surface area contributed by atoms with Crippen molar-refractivity contribution in [1.29, 1.82) is 0 Å². The maximum absolute atomic E-state index is 13.2. The van der Waals surface area contributed by atoms with E-state index in [-0.39, 0.29) is 0 Å². The van der Waals surface area contributed by atoms with Gasteiger partial charge in [0.15, 0.2) is 0 Å². The van der Waals surface area contributed by atoms with Crippen LogP contribution >= 0.6 is 0 Å². The van der Waals surface area contributed by atoms with E-state index in [0.29, 0.717) is 21.9 Å². The lowest BCUT2D eigenvalue weighted by atomic mass is 10.0. The summed E-state index contributed by atoms with van der Waals surface area (Å²) in [5, 5.41) is 2.81. The highest BCUT2D eigenvalue weighted by Crippen LogP contribution is 2.41. The average Bonchev–Trinajstić information content (AvgIpc) is 2.58. The first kappa shape index (κ1) is 22.0. The minimum absolute atomic E-state index is 0.450. The lowest BCUT2D eigenvalue weighted by Gasteiger charge is -2.23. The molecule has 2 aromatic rings. The molecule has 6 heteroatoms. The van der Waals surface area contributed by atoms with Crippen LogP contribution in [0, 0.1) is 0 Å². The molecule has 1 atom stereocenters. The van der Waals surface area contributed by atoms with Gasteiger partial charge >= 0.3 is 6.09 Å². The van der Waals surface area contributed by atoms with E-state index < -0.39 is 27.2 Å². The molecule has 0 spiro atoms. The number of hydrogen-bond acceptors (Lipinski definition) is 4. The fourth-order valence-corrected chi connectivity index (χ4v) is 3.91. The number of methoxy groups -OCH3 is 1. The van der Waals surface area contributed by atoms with Gasteiger partial charge in [0, 0.05) is 15.9 Å². The molecule has 2 rings (SSSR count). The highest BCUT2D eigenvalue weighted by atomic mass is 32.2. The molecular formula is C22H29NO4S. The summed E-state index contributed by atoms with van der Waals surface area (Å²) in [6.07, 6.45) is -0.548. The van der Waals surface area contributed by atoms with Crippen LogP contribution in [-0.2, 0) is 15.5 Å². The van der Waals surface area contributed by atoms with Crippen molar-refractivity contribution in [2.75, 3.05) is 12.4 Å². The monoisotopic (exact) mass is 403 g/mol. The zero-order valence-corrected chi connectivity index (χ0v) is 18.4. The fourth-order valence-electron chi connectivity index (χ4n) is 2.65. The van der Waals surface area contributed by atoms with E-state index in [2.05, 4.69) is 5.32 Å². The van der Waals surface area contributed by atoms with Gasteiger partial charge in [0.2, 0.25) is 0 Å². The van der Waals surface area contributed by atoms with Crippen molar-refractivity contribution >= 4 is 22.6 Å². The SMILES string of the molecule is COc1cccc(S(=O)C(C)(C)C)c1-c1ccccc1NC(=O)OC(C)(C)C. The average molecular weight is 404 g/mol. The van der Waals surface area contributed by atoms with Crippen LogP contribution in [-0.4, -0.2) is 27.8 Å². The standard InChI is InChI=1S/C22H29NO4S/c1-21(2,3)27-20(24)23-16-12-9-8-11-15(16)19-17(26-7)13-10-14-18(19)28(25)22(4,5)6/h8-14H,1-7H3,(H,23,24). The molecule has 1 unspecified atom stereocenters. The quantitative estimate of drug-likeness (QED) is 0.720. The third kappa shape index (κ3) is 5.35. The minimum Gasteiger partial charge on any atom is -0.496 e. The first-order chi connectivity index (χ1) is 12.9. The van der Waals surface area contributed by atoms with Gasteiger partial charge in [0.25, 0.3) is 0 Å². The number of para-hydroxylation sites is 1. The number of ether oxygens (including phenoxy) is 2. The Kier molecular flexibility index (Phi) is 6.55. The number of anilines is 1. The second-order valence-corrected chi connectivity index (χ2v) is 10.6. The van der Waals surface area contributed by atoms with Gasteiger partial charge in [-0.25, -0.2) is 4.79 Å². The Balaban J connectivity index is 2.60. The fraction of sp³-hybridized carbons (Fsp3) is 0.409. The molecule has 2 aromatic carbocycles. The van der Waals surface area contributed by atoms with Gasteiger partial charge in [-0.05, 0) is 59.7 Å². The van der Waals surface area contributed by atoms with Gasteiger partial charge in [0.1, 0.15) is 11.4 Å². The lowest BCUT2D eigenvalue weighted by Crippen LogP contribution is -2.27. The predicted molar refractivity (Wildman–Crippen MR) is 114 cm³/mol. The van der Waals surface area contributed by atoms with Crippen molar-refractivity contribution in [3.63, 3.8) is 0 Å². The normalized spacial score (nSPS) is 13.0. The molecule has 0 aliphatic carbocycles. The molecule has 0 fully saturated rings. The van der Waals surface area contributed by atoms with Gasteiger partial charge in [-0.2, -0.15) is 0 Å². The molecule has 0 bridgehead atoms. The molecular weight excluding hydrogens is 374 g/mol. The van der Waals surface area contributed by atoms with Crippen LogP contribution in [0.15, 0.2) is 47.4 Å². The highest BCUT2D eigenvalue weighted by Gasteiger charge is 2.27. The summed E-state index contributed by atoms with van der Waals surface area (Å²) in [5.41, 5.74) is 1.37. The van der Waals surface area contributed by atoms with E-state index in [4.69, 9.17) is 9.47 Å². The maximum Gasteiger partial charge on any atom is 0.412 e. The topological polar surface area (TPSA) is 64.6 Å². The van der Waals surface area contributed by atoms with Gasteiger partial charge < -0.3 is 9.47 Å². The van der Waals surface area contributed by atoms with Crippen LogP contribution in [0.5, 0.6) is 5.75 Å². The summed E-state index contributed by atoms with van der Waals surface area (Å²) >= 11 is 0. The molecule has 0 aromatic heterocycles. The van der Waals surface area contributed by atoms with E-state index in [1.54, 1.807) is 13.2 Å². The molecule has 5 nitrogen and oxygen atoms in total. The number of rotatable bonds is 4. The smallest absolute Gasteiger partial charge is 0.412 e. The minimum atomic E-state index is -1.29. The Morgan fingerprint density at radius 2 is 1.61 bits per heavy atom. The molecule has 1 amide bonds. The van der Waals surface area contributed by atoms with E-state index in [1.807, 2.05) is 77.9 Å². The Labute approximate surface area is 169 Å². The maximum atomic E-state index is 13.2. The zero-order chi connectivity index (χ0) is 21.1. The Morgan fingerprint density at radius 1 is 0.964 bits per heavy atom. The van der Waals surface area contributed by atoms with Crippen molar-refractivity contribution in [3.8, 4) is 16.9 Å². The number of carbonyl (C=O) groups excluding carboxylic acids is 1. The number of amides is 1. The number of benzene rings is 2. The molecule has 1 N–H and O–H groups in total. The first-order valence-electron chi connectivity index (χ1n) is 9.12. The summed E-state index contributed by atoms with van der Waals surface area (Å²) in [7, 11) is 0.291. The van der Waals surface area contributed by atoms with Crippen molar-refractivity contribution < 1.29 is 18.5 Å². The van der Waals surface area contributed by atoms with E-state index in [0.717, 1.165) is 5.56 Å². The Hall–Kier alpha value is -2.34. The number of carbonyl (C=O) groups is 1. The molecule has 0 saturated heterocycles.